The van der Waals surface area contributed by atoms with E-state index in [4.69, 9.17) is 0 Å². The fourth-order valence-corrected chi connectivity index (χ4v) is 6.11. The lowest BCUT2D eigenvalue weighted by Gasteiger charge is -2.26. The first-order valence-corrected chi connectivity index (χ1v) is 9.07. The molecule has 2 unspecified atom stereocenters. The van der Waals surface area contributed by atoms with Gasteiger partial charge in [-0.1, -0.05) is 12.1 Å². The first kappa shape index (κ1) is 14.7. The Balaban J connectivity index is 1.60. The van der Waals surface area contributed by atoms with E-state index in [1.165, 1.54) is 12.1 Å². The van der Waals surface area contributed by atoms with Crippen LogP contribution in [0.1, 0.15) is 37.7 Å². The number of Topliss-reactive ketones (excluding diaryl/α,β-unsaturated/α-hetero) is 1. The van der Waals surface area contributed by atoms with Crippen LogP contribution in [0.2, 0.25) is 0 Å². The smallest absolute Gasteiger partial charge is 0.156 e. The van der Waals surface area contributed by atoms with Gasteiger partial charge in [0.2, 0.25) is 0 Å². The summed E-state index contributed by atoms with van der Waals surface area (Å²) in [5, 5.41) is -0.612. The summed E-state index contributed by atoms with van der Waals surface area (Å²) in [6.45, 7) is 0. The summed E-state index contributed by atoms with van der Waals surface area (Å²) in [7, 11) is -2.97. The molecule has 2 saturated heterocycles. The number of benzene rings is 1. The molecule has 0 spiro atoms. The minimum absolute atomic E-state index is 0.125. The van der Waals surface area contributed by atoms with Gasteiger partial charge in [0.15, 0.2) is 9.84 Å². The molecule has 0 radical (unpaired) electrons. The Morgan fingerprint density at radius 1 is 1.19 bits per heavy atom. The van der Waals surface area contributed by atoms with Gasteiger partial charge in [-0.25, -0.2) is 12.8 Å². The average Bonchev–Trinajstić information content (AvgIpc) is 2.65. The van der Waals surface area contributed by atoms with Crippen LogP contribution in [0.5, 0.6) is 0 Å². The maximum atomic E-state index is 13.1. The Hall–Kier alpha value is -1.23. The van der Waals surface area contributed by atoms with Crippen molar-refractivity contribution in [3.8, 4) is 0 Å². The van der Waals surface area contributed by atoms with Crippen molar-refractivity contribution in [2.24, 2.45) is 5.92 Å². The van der Waals surface area contributed by atoms with Crippen molar-refractivity contribution < 1.29 is 17.6 Å². The Kier molecular flexibility index (Phi) is 3.86. The minimum Gasteiger partial charge on any atom is -0.299 e. The zero-order chi connectivity index (χ0) is 15.0. The van der Waals surface area contributed by atoms with Crippen molar-refractivity contribution in [3.05, 3.63) is 35.6 Å². The number of aryl methyl sites for hydroxylation is 1. The molecule has 5 heteroatoms. The summed E-state index contributed by atoms with van der Waals surface area (Å²) < 4.78 is 37.1. The largest absolute Gasteiger partial charge is 0.299 e. The van der Waals surface area contributed by atoms with E-state index < -0.39 is 9.84 Å². The second-order valence-corrected chi connectivity index (χ2v) is 8.69. The van der Waals surface area contributed by atoms with Crippen molar-refractivity contribution >= 4 is 15.6 Å². The molecule has 2 fully saturated rings. The average molecular weight is 310 g/mol. The standard InChI is InChI=1S/C16H19FO3S/c17-13-3-1-2-11(8-13)4-7-16(18)12-9-14-5-6-15(10-12)21(14,19)20/h1-3,8,12,14-15H,4-7,9-10H2. The Labute approximate surface area is 124 Å². The summed E-state index contributed by atoms with van der Waals surface area (Å²) >= 11 is 0. The summed E-state index contributed by atoms with van der Waals surface area (Å²) in [5.41, 5.74) is 0.815. The number of hydrogen-bond donors (Lipinski definition) is 0. The van der Waals surface area contributed by atoms with Crippen LogP contribution >= 0.6 is 0 Å². The summed E-state index contributed by atoms with van der Waals surface area (Å²) in [6, 6.07) is 6.28. The molecular weight excluding hydrogens is 291 g/mol. The number of hydrogen-bond acceptors (Lipinski definition) is 3. The molecule has 0 aromatic heterocycles. The van der Waals surface area contributed by atoms with E-state index in [2.05, 4.69) is 0 Å². The second-order valence-electron chi connectivity index (χ2n) is 6.17. The predicted molar refractivity (Wildman–Crippen MR) is 78.2 cm³/mol. The first-order chi connectivity index (χ1) is 9.96. The monoisotopic (exact) mass is 310 g/mol. The van der Waals surface area contributed by atoms with Gasteiger partial charge in [0.25, 0.3) is 0 Å². The Bertz CT molecular complexity index is 633. The summed E-state index contributed by atoms with van der Waals surface area (Å²) in [4.78, 5) is 12.3. The molecule has 0 N–H and O–H groups in total. The molecule has 2 aliphatic rings. The quantitative estimate of drug-likeness (QED) is 0.859. The number of rotatable bonds is 4. The molecule has 114 valence electrons. The lowest BCUT2D eigenvalue weighted by Crippen LogP contribution is -2.36. The van der Waals surface area contributed by atoms with Crippen molar-refractivity contribution in [1.82, 2.24) is 0 Å². The van der Waals surface area contributed by atoms with Crippen LogP contribution in [-0.2, 0) is 21.1 Å². The lowest BCUT2D eigenvalue weighted by atomic mass is 9.91. The zero-order valence-corrected chi connectivity index (χ0v) is 12.6. The van der Waals surface area contributed by atoms with E-state index >= 15 is 0 Å². The highest BCUT2D eigenvalue weighted by molar-refractivity contribution is 7.93. The maximum absolute atomic E-state index is 13.1. The van der Waals surface area contributed by atoms with E-state index in [0.29, 0.717) is 38.5 Å². The topological polar surface area (TPSA) is 51.2 Å². The third-order valence-electron chi connectivity index (χ3n) is 4.84. The molecule has 2 heterocycles. The van der Waals surface area contributed by atoms with Crippen LogP contribution < -0.4 is 0 Å². The van der Waals surface area contributed by atoms with Crippen molar-refractivity contribution in [2.45, 2.75) is 49.0 Å². The number of ketones is 1. The normalized spacial score (nSPS) is 30.2. The van der Waals surface area contributed by atoms with Crippen LogP contribution in [0.25, 0.3) is 0 Å². The van der Waals surface area contributed by atoms with E-state index in [0.717, 1.165) is 5.56 Å². The number of sulfone groups is 1. The highest BCUT2D eigenvalue weighted by Gasteiger charge is 2.48. The molecule has 1 aromatic rings. The Morgan fingerprint density at radius 2 is 1.86 bits per heavy atom. The number of halogens is 1. The molecule has 2 bridgehead atoms. The fourth-order valence-electron chi connectivity index (χ4n) is 3.63. The lowest BCUT2D eigenvalue weighted by molar-refractivity contribution is -0.123. The van der Waals surface area contributed by atoms with Crippen LogP contribution in [0.4, 0.5) is 4.39 Å². The summed E-state index contributed by atoms with van der Waals surface area (Å²) in [5.74, 6) is -0.285. The number of carbonyl (C=O) groups excluding carboxylic acids is 1. The molecule has 1 aromatic carbocycles. The number of carbonyl (C=O) groups is 1. The second kappa shape index (κ2) is 5.52. The maximum Gasteiger partial charge on any atom is 0.156 e. The van der Waals surface area contributed by atoms with Gasteiger partial charge < -0.3 is 0 Å². The van der Waals surface area contributed by atoms with Crippen LogP contribution in [-0.4, -0.2) is 24.7 Å². The first-order valence-electron chi connectivity index (χ1n) is 7.46. The molecule has 0 amide bonds. The van der Waals surface area contributed by atoms with E-state index in [1.54, 1.807) is 6.07 Å². The molecule has 2 aliphatic heterocycles. The summed E-state index contributed by atoms with van der Waals surface area (Å²) in [6.07, 6.45) is 3.28. The molecule has 0 saturated carbocycles. The predicted octanol–water partition coefficient (Wildman–Crippen LogP) is 2.68. The van der Waals surface area contributed by atoms with Gasteiger partial charge in [-0.3, -0.25) is 4.79 Å². The Morgan fingerprint density at radius 3 is 2.48 bits per heavy atom. The molecular formula is C16H19FO3S. The van der Waals surface area contributed by atoms with Crippen LogP contribution in [0.15, 0.2) is 24.3 Å². The van der Waals surface area contributed by atoms with Gasteiger partial charge >= 0.3 is 0 Å². The minimum atomic E-state index is -2.97. The third kappa shape index (κ3) is 2.89. The van der Waals surface area contributed by atoms with E-state index in [9.17, 15) is 17.6 Å². The zero-order valence-electron chi connectivity index (χ0n) is 11.8. The van der Waals surface area contributed by atoms with Crippen molar-refractivity contribution in [3.63, 3.8) is 0 Å². The highest BCUT2D eigenvalue weighted by atomic mass is 32.2. The van der Waals surface area contributed by atoms with Crippen LogP contribution in [0, 0.1) is 11.7 Å². The van der Waals surface area contributed by atoms with Gasteiger partial charge in [0.1, 0.15) is 11.6 Å². The van der Waals surface area contributed by atoms with Crippen LogP contribution in [0.3, 0.4) is 0 Å². The molecule has 2 atom stereocenters. The molecule has 3 nitrogen and oxygen atoms in total. The fraction of sp³-hybridized carbons (Fsp3) is 0.562. The highest BCUT2D eigenvalue weighted by Crippen LogP contribution is 2.41. The SMILES string of the molecule is O=C(CCc1cccc(F)c1)C1CC2CCC(C1)S2(=O)=O. The van der Waals surface area contributed by atoms with E-state index in [1.807, 2.05) is 6.07 Å². The van der Waals surface area contributed by atoms with Crippen molar-refractivity contribution in [1.29, 1.82) is 0 Å². The third-order valence-corrected chi connectivity index (χ3v) is 7.55. The van der Waals surface area contributed by atoms with Crippen molar-refractivity contribution in [2.75, 3.05) is 0 Å². The van der Waals surface area contributed by atoms with Gasteiger partial charge in [-0.05, 0) is 49.8 Å². The van der Waals surface area contributed by atoms with E-state index in [-0.39, 0.29) is 28.0 Å². The number of fused-ring (bicyclic) bond motifs is 2. The van der Waals surface area contributed by atoms with Gasteiger partial charge in [0, 0.05) is 12.3 Å². The molecule has 21 heavy (non-hydrogen) atoms. The van der Waals surface area contributed by atoms with Gasteiger partial charge in [-0.15, -0.1) is 0 Å². The molecule has 3 rings (SSSR count). The molecule has 0 aliphatic carbocycles. The van der Waals surface area contributed by atoms with Gasteiger partial charge in [-0.2, -0.15) is 0 Å². The van der Waals surface area contributed by atoms with Gasteiger partial charge in [0.05, 0.1) is 10.5 Å².